The Morgan fingerprint density at radius 1 is 0.944 bits per heavy atom. The average molecular weight is 264 g/mol. The molecule has 0 unspecified atom stereocenters. The number of hydrogen-bond acceptors (Lipinski definition) is 4. The third kappa shape index (κ3) is 20.7. The second kappa shape index (κ2) is 16.4. The summed E-state index contributed by atoms with van der Waals surface area (Å²) in [5, 5.41) is 32.4. The largest absolute Gasteiger partial charge is 0.481 e. The predicted octanol–water partition coefficient (Wildman–Crippen LogP) is 1.54. The highest BCUT2D eigenvalue weighted by molar-refractivity contribution is 5.66. The quantitative estimate of drug-likeness (QED) is 0.449. The van der Waals surface area contributed by atoms with Gasteiger partial charge in [-0.15, -0.1) is 0 Å². The Balaban J connectivity index is 0. The Hall–Kier alpha value is -0.650. The molecular weight excluding hydrogens is 236 g/mol. The fraction of sp³-hybridized carbons (Fsp3) is 0.923. The zero-order valence-electron chi connectivity index (χ0n) is 11.3. The van der Waals surface area contributed by atoms with Crippen LogP contribution in [0, 0.1) is 0 Å². The number of unbranched alkanes of at least 4 members (excludes halogenated alkanes) is 6. The van der Waals surface area contributed by atoms with Crippen LogP contribution in [-0.2, 0) is 4.79 Å². The third-order valence-electron chi connectivity index (χ3n) is 2.42. The van der Waals surface area contributed by atoms with E-state index < -0.39 is 12.1 Å². The van der Waals surface area contributed by atoms with Crippen LogP contribution in [0.15, 0.2) is 0 Å². The minimum atomic E-state index is -0.954. The Kier molecular flexibility index (Phi) is 17.9. The van der Waals surface area contributed by atoms with E-state index in [1.54, 1.807) is 0 Å². The van der Waals surface area contributed by atoms with Crippen LogP contribution in [0.2, 0.25) is 0 Å². The average Bonchev–Trinajstić information content (AvgIpc) is 2.37. The van der Waals surface area contributed by atoms with Crippen molar-refractivity contribution in [1.82, 2.24) is 0 Å². The van der Waals surface area contributed by atoms with Crippen LogP contribution in [0.4, 0.5) is 0 Å². The molecule has 0 aromatic carbocycles. The fourth-order valence-corrected chi connectivity index (χ4v) is 1.29. The van der Waals surface area contributed by atoms with Crippen LogP contribution < -0.4 is 0 Å². The number of rotatable bonds is 10. The van der Waals surface area contributed by atoms with Gasteiger partial charge in [0.1, 0.15) is 6.10 Å². The molecule has 0 rings (SSSR count). The van der Waals surface area contributed by atoms with Gasteiger partial charge >= 0.3 is 5.97 Å². The Bertz CT molecular complexity index is 169. The topological polar surface area (TPSA) is 98.0 Å². The van der Waals surface area contributed by atoms with E-state index >= 15 is 0 Å². The number of carboxylic acid groups (broad SMARTS) is 1. The molecule has 5 heteroatoms. The summed E-state index contributed by atoms with van der Waals surface area (Å²) < 4.78 is 0. The van der Waals surface area contributed by atoms with E-state index in [1.807, 2.05) is 0 Å². The normalized spacial score (nSPS) is 10.1. The minimum Gasteiger partial charge on any atom is -0.481 e. The van der Waals surface area contributed by atoms with Gasteiger partial charge in [-0.1, -0.05) is 45.4 Å². The summed E-state index contributed by atoms with van der Waals surface area (Å²) >= 11 is 0. The molecule has 0 aliphatic heterocycles. The summed E-state index contributed by atoms with van der Waals surface area (Å²) in [5.74, 6) is -0.663. The molecule has 0 saturated carbocycles. The van der Waals surface area contributed by atoms with Crippen molar-refractivity contribution in [2.75, 3.05) is 13.2 Å². The molecule has 18 heavy (non-hydrogen) atoms. The lowest BCUT2D eigenvalue weighted by atomic mass is 10.1. The van der Waals surface area contributed by atoms with E-state index in [4.69, 9.17) is 20.4 Å². The van der Waals surface area contributed by atoms with Gasteiger partial charge in [0, 0.05) is 6.42 Å². The lowest BCUT2D eigenvalue weighted by Crippen LogP contribution is -2.15. The van der Waals surface area contributed by atoms with Crippen molar-refractivity contribution in [3.05, 3.63) is 0 Å². The molecule has 0 spiro atoms. The number of aliphatic hydroxyl groups is 3. The first kappa shape index (κ1) is 19.7. The van der Waals surface area contributed by atoms with Gasteiger partial charge in [0.15, 0.2) is 0 Å². The second-order valence-electron chi connectivity index (χ2n) is 4.28. The molecule has 0 fully saturated rings. The van der Waals surface area contributed by atoms with E-state index in [2.05, 4.69) is 6.92 Å². The molecule has 4 N–H and O–H groups in total. The Morgan fingerprint density at radius 3 is 1.72 bits per heavy atom. The van der Waals surface area contributed by atoms with Crippen molar-refractivity contribution in [3.63, 3.8) is 0 Å². The number of aliphatic carboxylic acids is 1. The lowest BCUT2D eigenvalue weighted by Gasteiger charge is -1.98. The van der Waals surface area contributed by atoms with Gasteiger partial charge in [-0.2, -0.15) is 0 Å². The first-order chi connectivity index (χ1) is 8.58. The first-order valence-corrected chi connectivity index (χ1v) is 6.70. The smallest absolute Gasteiger partial charge is 0.303 e. The van der Waals surface area contributed by atoms with Crippen LogP contribution in [0.1, 0.15) is 58.3 Å². The highest BCUT2D eigenvalue weighted by atomic mass is 16.4. The highest BCUT2D eigenvalue weighted by Crippen LogP contribution is 2.07. The molecule has 0 aliphatic carbocycles. The van der Waals surface area contributed by atoms with E-state index in [-0.39, 0.29) is 13.2 Å². The zero-order valence-corrected chi connectivity index (χ0v) is 11.3. The van der Waals surface area contributed by atoms with Crippen LogP contribution in [0.25, 0.3) is 0 Å². The molecule has 0 bridgehead atoms. The lowest BCUT2D eigenvalue weighted by molar-refractivity contribution is -0.137. The van der Waals surface area contributed by atoms with Crippen LogP contribution in [-0.4, -0.2) is 45.7 Å². The monoisotopic (exact) mass is 264 g/mol. The number of carbonyl (C=O) groups is 1. The molecule has 0 aliphatic rings. The highest BCUT2D eigenvalue weighted by Gasteiger charge is 1.95. The number of carboxylic acids is 1. The van der Waals surface area contributed by atoms with Gasteiger partial charge in [-0.3, -0.25) is 4.79 Å². The summed E-state index contributed by atoms with van der Waals surface area (Å²) in [7, 11) is 0. The SMILES string of the molecule is CCCCCCCCCC(=O)O.OCC(O)CO. The van der Waals surface area contributed by atoms with Gasteiger partial charge in [0.05, 0.1) is 13.2 Å². The van der Waals surface area contributed by atoms with E-state index in [1.165, 1.54) is 32.1 Å². The van der Waals surface area contributed by atoms with Crippen LogP contribution in [0.5, 0.6) is 0 Å². The minimum absolute atomic E-state index is 0.341. The third-order valence-corrected chi connectivity index (χ3v) is 2.42. The van der Waals surface area contributed by atoms with E-state index in [0.29, 0.717) is 6.42 Å². The van der Waals surface area contributed by atoms with Gasteiger partial charge in [0.25, 0.3) is 0 Å². The van der Waals surface area contributed by atoms with Crippen molar-refractivity contribution in [1.29, 1.82) is 0 Å². The van der Waals surface area contributed by atoms with Crippen molar-refractivity contribution in [2.45, 2.75) is 64.4 Å². The number of hydrogen-bond donors (Lipinski definition) is 4. The molecule has 0 heterocycles. The Morgan fingerprint density at radius 2 is 1.39 bits per heavy atom. The fourth-order valence-electron chi connectivity index (χ4n) is 1.29. The first-order valence-electron chi connectivity index (χ1n) is 6.70. The molecule has 0 saturated heterocycles. The van der Waals surface area contributed by atoms with Gasteiger partial charge in [-0.05, 0) is 6.42 Å². The number of aliphatic hydroxyl groups excluding tert-OH is 3. The van der Waals surface area contributed by atoms with Crippen molar-refractivity contribution in [3.8, 4) is 0 Å². The van der Waals surface area contributed by atoms with Gasteiger partial charge in [-0.25, -0.2) is 0 Å². The maximum atomic E-state index is 10.1. The van der Waals surface area contributed by atoms with Crippen LogP contribution in [0.3, 0.4) is 0 Å². The standard InChI is InChI=1S/C10H20O2.C3H8O3/c1-2-3-4-5-6-7-8-9-10(11)12;4-1-3(6)2-5/h2-9H2,1H3,(H,11,12);3-6H,1-2H2. The van der Waals surface area contributed by atoms with Gasteiger partial charge in [0.2, 0.25) is 0 Å². The molecule has 0 amide bonds. The summed E-state index contributed by atoms with van der Waals surface area (Å²) in [6.45, 7) is 1.47. The van der Waals surface area contributed by atoms with Crippen molar-refractivity contribution in [2.24, 2.45) is 0 Å². The molecule has 0 aromatic heterocycles. The van der Waals surface area contributed by atoms with Crippen LogP contribution >= 0.6 is 0 Å². The summed E-state index contributed by atoms with van der Waals surface area (Å²) in [5.41, 5.74) is 0. The predicted molar refractivity (Wildman–Crippen MR) is 70.4 cm³/mol. The molecular formula is C13H28O5. The summed E-state index contributed by atoms with van der Waals surface area (Å²) in [6.07, 6.45) is 7.69. The molecule has 0 radical (unpaired) electrons. The summed E-state index contributed by atoms with van der Waals surface area (Å²) in [6, 6.07) is 0. The maximum absolute atomic E-state index is 10.1. The molecule has 5 nitrogen and oxygen atoms in total. The molecule has 0 atom stereocenters. The maximum Gasteiger partial charge on any atom is 0.303 e. The summed E-state index contributed by atoms with van der Waals surface area (Å²) in [4.78, 5) is 10.1. The zero-order chi connectivity index (χ0) is 14.2. The Labute approximate surface area is 109 Å². The molecule has 0 aromatic rings. The van der Waals surface area contributed by atoms with E-state index in [0.717, 1.165) is 12.8 Å². The van der Waals surface area contributed by atoms with Gasteiger partial charge < -0.3 is 20.4 Å². The van der Waals surface area contributed by atoms with E-state index in [9.17, 15) is 4.79 Å². The second-order valence-corrected chi connectivity index (χ2v) is 4.28. The molecule has 110 valence electrons. The van der Waals surface area contributed by atoms with Crippen molar-refractivity contribution < 1.29 is 25.2 Å². The van der Waals surface area contributed by atoms with Crippen molar-refractivity contribution >= 4 is 5.97 Å².